The first-order valence-corrected chi connectivity index (χ1v) is 7.81. The minimum atomic E-state index is 0.0594. The number of hydrogen-bond donors (Lipinski definition) is 2. The second-order valence-electron chi connectivity index (χ2n) is 5.63. The Bertz CT molecular complexity index is 402. The molecule has 1 rings (SSSR count). The van der Waals surface area contributed by atoms with Crippen molar-refractivity contribution in [3.05, 3.63) is 29.8 Å². The molecule has 0 atom stereocenters. The van der Waals surface area contributed by atoms with E-state index in [4.69, 9.17) is 4.74 Å². The van der Waals surface area contributed by atoms with Gasteiger partial charge in [0.1, 0.15) is 5.75 Å². The Morgan fingerprint density at radius 1 is 1.14 bits per heavy atom. The second-order valence-corrected chi connectivity index (χ2v) is 5.63. The van der Waals surface area contributed by atoms with E-state index < -0.39 is 0 Å². The highest BCUT2D eigenvalue weighted by Crippen LogP contribution is 2.13. The van der Waals surface area contributed by atoms with Gasteiger partial charge in [0.05, 0.1) is 13.0 Å². The smallest absolute Gasteiger partial charge is 0.224 e. The molecule has 0 aliphatic carbocycles. The Morgan fingerprint density at radius 2 is 1.86 bits per heavy atom. The van der Waals surface area contributed by atoms with Crippen LogP contribution in [0, 0.1) is 5.92 Å². The van der Waals surface area contributed by atoms with Crippen molar-refractivity contribution in [1.82, 2.24) is 10.6 Å². The molecule has 0 bridgehead atoms. The summed E-state index contributed by atoms with van der Waals surface area (Å²) in [4.78, 5) is 11.8. The highest BCUT2D eigenvalue weighted by atomic mass is 16.5. The fraction of sp³-hybridized carbons (Fsp3) is 0.588. The van der Waals surface area contributed by atoms with E-state index in [9.17, 15) is 4.79 Å². The molecule has 21 heavy (non-hydrogen) atoms. The molecule has 118 valence electrons. The predicted octanol–water partition coefficient (Wildman–Crippen LogP) is 2.38. The van der Waals surface area contributed by atoms with E-state index in [-0.39, 0.29) is 5.91 Å². The molecule has 0 saturated heterocycles. The van der Waals surface area contributed by atoms with Crippen LogP contribution < -0.4 is 15.4 Å². The Balaban J connectivity index is 2.26. The summed E-state index contributed by atoms with van der Waals surface area (Å²) in [6.07, 6.45) is 1.53. The number of benzene rings is 1. The minimum Gasteiger partial charge on any atom is -0.493 e. The fourth-order valence-corrected chi connectivity index (χ4v) is 1.81. The van der Waals surface area contributed by atoms with Gasteiger partial charge in [-0.15, -0.1) is 0 Å². The number of hydrogen-bond acceptors (Lipinski definition) is 3. The van der Waals surface area contributed by atoms with Crippen LogP contribution >= 0.6 is 0 Å². The second kappa shape index (κ2) is 10.2. The fourth-order valence-electron chi connectivity index (χ4n) is 1.81. The third-order valence-electron chi connectivity index (χ3n) is 2.92. The normalized spacial score (nSPS) is 10.7. The Hall–Kier alpha value is -1.55. The van der Waals surface area contributed by atoms with Crippen molar-refractivity contribution in [2.45, 2.75) is 33.6 Å². The van der Waals surface area contributed by atoms with Crippen LogP contribution in [0.4, 0.5) is 0 Å². The van der Waals surface area contributed by atoms with Gasteiger partial charge >= 0.3 is 0 Å². The molecule has 1 amide bonds. The minimum absolute atomic E-state index is 0.0594. The maximum atomic E-state index is 11.8. The van der Waals surface area contributed by atoms with Crippen molar-refractivity contribution >= 4 is 5.91 Å². The van der Waals surface area contributed by atoms with Gasteiger partial charge in [-0.05, 0) is 36.6 Å². The molecule has 0 spiro atoms. The number of carbonyl (C=O) groups is 1. The number of carbonyl (C=O) groups excluding carboxylic acids is 1. The van der Waals surface area contributed by atoms with Gasteiger partial charge in [-0.25, -0.2) is 0 Å². The SMILES string of the molecule is CCCNCCNC(=O)Cc1ccc(OCC(C)C)cc1. The molecule has 0 heterocycles. The third-order valence-corrected chi connectivity index (χ3v) is 2.92. The van der Waals surface area contributed by atoms with E-state index in [2.05, 4.69) is 31.4 Å². The van der Waals surface area contributed by atoms with Crippen LogP contribution in [0.1, 0.15) is 32.8 Å². The van der Waals surface area contributed by atoms with Gasteiger partial charge in [0.2, 0.25) is 5.91 Å². The van der Waals surface area contributed by atoms with E-state index >= 15 is 0 Å². The van der Waals surface area contributed by atoms with Gasteiger partial charge in [0.15, 0.2) is 0 Å². The molecule has 0 saturated carbocycles. The number of nitrogens with one attached hydrogen (secondary N) is 2. The van der Waals surface area contributed by atoms with Crippen LogP contribution in [0.3, 0.4) is 0 Å². The Morgan fingerprint density at radius 3 is 2.48 bits per heavy atom. The van der Waals surface area contributed by atoms with E-state index in [1.54, 1.807) is 0 Å². The average molecular weight is 292 g/mol. The lowest BCUT2D eigenvalue weighted by atomic mass is 10.1. The summed E-state index contributed by atoms with van der Waals surface area (Å²) in [5, 5.41) is 6.17. The zero-order valence-electron chi connectivity index (χ0n) is 13.4. The number of amides is 1. The first-order valence-electron chi connectivity index (χ1n) is 7.81. The topological polar surface area (TPSA) is 50.4 Å². The van der Waals surface area contributed by atoms with Crippen molar-refractivity contribution in [3.63, 3.8) is 0 Å². The Kier molecular flexibility index (Phi) is 8.51. The molecule has 0 aliphatic rings. The zero-order chi connectivity index (χ0) is 15.5. The van der Waals surface area contributed by atoms with Gasteiger partial charge in [0.25, 0.3) is 0 Å². The molecule has 1 aromatic rings. The number of rotatable bonds is 10. The lowest BCUT2D eigenvalue weighted by Gasteiger charge is -2.09. The maximum absolute atomic E-state index is 11.8. The first kappa shape index (κ1) is 17.5. The molecular weight excluding hydrogens is 264 g/mol. The molecular formula is C17H28N2O2. The van der Waals surface area contributed by atoms with Crippen LogP contribution in [0.2, 0.25) is 0 Å². The largest absolute Gasteiger partial charge is 0.493 e. The van der Waals surface area contributed by atoms with Crippen molar-refractivity contribution in [2.75, 3.05) is 26.2 Å². The summed E-state index contributed by atoms with van der Waals surface area (Å²) in [5.41, 5.74) is 1.01. The quantitative estimate of drug-likeness (QED) is 0.651. The van der Waals surface area contributed by atoms with Crippen molar-refractivity contribution in [2.24, 2.45) is 5.92 Å². The molecule has 1 aromatic carbocycles. The van der Waals surface area contributed by atoms with Crippen LogP contribution in [0.25, 0.3) is 0 Å². The van der Waals surface area contributed by atoms with E-state index in [1.807, 2.05) is 24.3 Å². The van der Waals surface area contributed by atoms with Crippen molar-refractivity contribution in [1.29, 1.82) is 0 Å². The van der Waals surface area contributed by atoms with Crippen molar-refractivity contribution < 1.29 is 9.53 Å². The highest BCUT2D eigenvalue weighted by Gasteiger charge is 2.03. The summed E-state index contributed by atoms with van der Waals surface area (Å²) < 4.78 is 5.62. The van der Waals surface area contributed by atoms with E-state index in [0.717, 1.165) is 30.8 Å². The standard InChI is InChI=1S/C17H28N2O2/c1-4-9-18-10-11-19-17(20)12-15-5-7-16(8-6-15)21-13-14(2)3/h5-8,14,18H,4,9-13H2,1-3H3,(H,19,20). The van der Waals surface area contributed by atoms with E-state index in [1.165, 1.54) is 0 Å². The lowest BCUT2D eigenvalue weighted by molar-refractivity contribution is -0.120. The van der Waals surface area contributed by atoms with Crippen LogP contribution in [0.15, 0.2) is 24.3 Å². The van der Waals surface area contributed by atoms with Crippen molar-refractivity contribution in [3.8, 4) is 5.75 Å². The van der Waals surface area contributed by atoms with Gasteiger partial charge in [-0.3, -0.25) is 4.79 Å². The van der Waals surface area contributed by atoms with E-state index in [0.29, 0.717) is 25.5 Å². The molecule has 0 aliphatic heterocycles. The summed E-state index contributed by atoms with van der Waals surface area (Å²) >= 11 is 0. The molecule has 2 N–H and O–H groups in total. The van der Waals surface area contributed by atoms with Crippen LogP contribution in [-0.2, 0) is 11.2 Å². The molecule has 0 radical (unpaired) electrons. The summed E-state index contributed by atoms with van der Waals surface area (Å²) in [6.45, 7) is 9.57. The van der Waals surface area contributed by atoms with Gasteiger partial charge in [-0.2, -0.15) is 0 Å². The average Bonchev–Trinajstić information content (AvgIpc) is 2.46. The first-order chi connectivity index (χ1) is 10.1. The van der Waals surface area contributed by atoms with Gasteiger partial charge in [0, 0.05) is 13.1 Å². The summed E-state index contributed by atoms with van der Waals surface area (Å²) in [5.74, 6) is 1.43. The highest BCUT2D eigenvalue weighted by molar-refractivity contribution is 5.78. The predicted molar refractivity (Wildman–Crippen MR) is 86.6 cm³/mol. The van der Waals surface area contributed by atoms with Crippen LogP contribution in [0.5, 0.6) is 5.75 Å². The number of ether oxygens (including phenoxy) is 1. The van der Waals surface area contributed by atoms with Crippen LogP contribution in [-0.4, -0.2) is 32.1 Å². The maximum Gasteiger partial charge on any atom is 0.224 e. The van der Waals surface area contributed by atoms with Gasteiger partial charge in [-0.1, -0.05) is 32.9 Å². The lowest BCUT2D eigenvalue weighted by Crippen LogP contribution is -2.32. The third kappa shape index (κ3) is 8.35. The summed E-state index contributed by atoms with van der Waals surface area (Å²) in [6, 6.07) is 7.75. The van der Waals surface area contributed by atoms with Gasteiger partial charge < -0.3 is 15.4 Å². The molecule has 4 heteroatoms. The molecule has 0 aromatic heterocycles. The monoisotopic (exact) mass is 292 g/mol. The Labute approximate surface area is 128 Å². The molecule has 0 unspecified atom stereocenters. The molecule has 4 nitrogen and oxygen atoms in total. The zero-order valence-corrected chi connectivity index (χ0v) is 13.4. The summed E-state index contributed by atoms with van der Waals surface area (Å²) in [7, 11) is 0. The molecule has 0 fully saturated rings.